The average Bonchev–Trinajstić information content (AvgIpc) is 3.38. The van der Waals surface area contributed by atoms with Crippen LogP contribution in [0.4, 0.5) is 0 Å². The highest BCUT2D eigenvalue weighted by Crippen LogP contribution is 2.30. The van der Waals surface area contributed by atoms with Crippen LogP contribution in [-0.4, -0.2) is 27.0 Å². The van der Waals surface area contributed by atoms with E-state index in [2.05, 4.69) is 10.2 Å². The van der Waals surface area contributed by atoms with Crippen LogP contribution in [-0.2, 0) is 6.54 Å². The lowest BCUT2D eigenvalue weighted by Crippen LogP contribution is -2.32. The Kier molecular flexibility index (Phi) is 4.66. The Bertz CT molecular complexity index is 936. The van der Waals surface area contributed by atoms with Crippen molar-refractivity contribution in [2.24, 2.45) is 0 Å². The number of rotatable bonds is 5. The summed E-state index contributed by atoms with van der Waals surface area (Å²) in [4.78, 5) is 14.6. The van der Waals surface area contributed by atoms with Gasteiger partial charge in [0, 0.05) is 27.2 Å². The molecule has 0 radical (unpaired) electrons. The van der Waals surface area contributed by atoms with Crippen molar-refractivity contribution in [1.29, 1.82) is 0 Å². The maximum absolute atomic E-state index is 12.9. The fourth-order valence-electron chi connectivity index (χ4n) is 2.71. The molecule has 0 saturated heterocycles. The number of amides is 1. The summed E-state index contributed by atoms with van der Waals surface area (Å²) in [5.74, 6) is 0.723. The van der Waals surface area contributed by atoms with Crippen molar-refractivity contribution in [3.8, 4) is 11.5 Å². The number of nitrogens with zero attached hydrogens (tertiary/aromatic N) is 3. The van der Waals surface area contributed by atoms with Gasteiger partial charge in [-0.05, 0) is 55.3 Å². The van der Waals surface area contributed by atoms with Crippen molar-refractivity contribution in [3.05, 3.63) is 70.0 Å². The number of carbonyl (C=O) groups is 1. The van der Waals surface area contributed by atoms with Crippen LogP contribution in [0.25, 0.3) is 11.5 Å². The van der Waals surface area contributed by atoms with Gasteiger partial charge < -0.3 is 9.32 Å². The van der Waals surface area contributed by atoms with E-state index < -0.39 is 0 Å². The van der Waals surface area contributed by atoms with Gasteiger partial charge in [0.05, 0.1) is 6.54 Å². The molecular weight excluding hydrogens is 373 g/mol. The van der Waals surface area contributed by atoms with E-state index in [0.29, 0.717) is 27.4 Å². The standard InChI is InChI=1S/C19H15Cl2N3O2/c20-14-6-4-12(5-7-14)18-23-22-17(26-18)11-24(16-8-9-16)19(25)13-2-1-3-15(21)10-13/h1-7,10,16H,8-9,11H2. The number of halogens is 2. The van der Waals surface area contributed by atoms with Crippen LogP contribution in [0.3, 0.4) is 0 Å². The van der Waals surface area contributed by atoms with Crippen LogP contribution < -0.4 is 0 Å². The van der Waals surface area contributed by atoms with Crippen molar-refractivity contribution < 1.29 is 9.21 Å². The molecular formula is C19H15Cl2N3O2. The number of aromatic nitrogens is 2. The second-order valence-corrected chi connectivity index (χ2v) is 7.06. The van der Waals surface area contributed by atoms with E-state index in [0.717, 1.165) is 18.4 Å². The molecule has 2 aromatic carbocycles. The third kappa shape index (κ3) is 3.74. The van der Waals surface area contributed by atoms with E-state index >= 15 is 0 Å². The minimum absolute atomic E-state index is 0.0822. The van der Waals surface area contributed by atoms with Crippen molar-refractivity contribution in [3.63, 3.8) is 0 Å². The number of benzene rings is 2. The molecule has 132 valence electrons. The van der Waals surface area contributed by atoms with Gasteiger partial charge in [0.25, 0.3) is 5.91 Å². The van der Waals surface area contributed by atoms with E-state index in [1.54, 1.807) is 41.3 Å². The SMILES string of the molecule is O=C(c1cccc(Cl)c1)N(Cc1nnc(-c2ccc(Cl)cc2)o1)C1CC1. The lowest BCUT2D eigenvalue weighted by molar-refractivity contribution is 0.0714. The van der Waals surface area contributed by atoms with E-state index in [-0.39, 0.29) is 18.5 Å². The number of carbonyl (C=O) groups excluding carboxylic acids is 1. The molecule has 0 aliphatic heterocycles. The fourth-order valence-corrected chi connectivity index (χ4v) is 3.03. The first-order valence-electron chi connectivity index (χ1n) is 8.25. The molecule has 4 rings (SSSR count). The molecule has 0 unspecified atom stereocenters. The molecule has 0 spiro atoms. The highest BCUT2D eigenvalue weighted by molar-refractivity contribution is 6.31. The number of hydrogen-bond donors (Lipinski definition) is 0. The maximum Gasteiger partial charge on any atom is 0.254 e. The molecule has 1 aliphatic rings. The smallest absolute Gasteiger partial charge is 0.254 e. The zero-order chi connectivity index (χ0) is 18.1. The first-order chi connectivity index (χ1) is 12.6. The predicted molar refractivity (Wildman–Crippen MR) is 99.1 cm³/mol. The fraction of sp³-hybridized carbons (Fsp3) is 0.211. The molecule has 0 bridgehead atoms. The summed E-state index contributed by atoms with van der Waals surface area (Å²) >= 11 is 11.9. The van der Waals surface area contributed by atoms with Crippen molar-refractivity contribution in [2.75, 3.05) is 0 Å². The Morgan fingerprint density at radius 1 is 1.08 bits per heavy atom. The maximum atomic E-state index is 12.9. The van der Waals surface area contributed by atoms with Gasteiger partial charge in [-0.25, -0.2) is 0 Å². The normalized spacial score (nSPS) is 13.6. The lowest BCUT2D eigenvalue weighted by atomic mass is 10.2. The van der Waals surface area contributed by atoms with Gasteiger partial charge in [-0.1, -0.05) is 29.3 Å². The Morgan fingerprint density at radius 3 is 2.54 bits per heavy atom. The molecule has 26 heavy (non-hydrogen) atoms. The first kappa shape index (κ1) is 17.1. The lowest BCUT2D eigenvalue weighted by Gasteiger charge is -2.20. The zero-order valence-electron chi connectivity index (χ0n) is 13.7. The van der Waals surface area contributed by atoms with Crippen LogP contribution in [0.2, 0.25) is 10.0 Å². The Balaban J connectivity index is 1.54. The summed E-state index contributed by atoms with van der Waals surface area (Å²) in [6.07, 6.45) is 1.95. The predicted octanol–water partition coefficient (Wildman–Crippen LogP) is 4.85. The molecule has 0 N–H and O–H groups in total. The van der Waals surface area contributed by atoms with E-state index in [4.69, 9.17) is 27.6 Å². The summed E-state index contributed by atoms with van der Waals surface area (Å²) < 4.78 is 5.74. The molecule has 1 fully saturated rings. The van der Waals surface area contributed by atoms with Gasteiger partial charge in [-0.15, -0.1) is 10.2 Å². The van der Waals surface area contributed by atoms with Crippen molar-refractivity contribution in [1.82, 2.24) is 15.1 Å². The van der Waals surface area contributed by atoms with Crippen LogP contribution in [0.5, 0.6) is 0 Å². The summed E-state index contributed by atoms with van der Waals surface area (Å²) in [6.45, 7) is 0.274. The molecule has 1 saturated carbocycles. The van der Waals surface area contributed by atoms with Gasteiger partial charge >= 0.3 is 0 Å². The van der Waals surface area contributed by atoms with Crippen LogP contribution >= 0.6 is 23.2 Å². The van der Waals surface area contributed by atoms with Gasteiger partial charge in [0.15, 0.2) is 0 Å². The van der Waals surface area contributed by atoms with Gasteiger partial charge in [0.2, 0.25) is 11.8 Å². The van der Waals surface area contributed by atoms with Crippen molar-refractivity contribution >= 4 is 29.1 Å². The minimum atomic E-state index is -0.0822. The van der Waals surface area contributed by atoms with Gasteiger partial charge in [-0.2, -0.15) is 0 Å². The van der Waals surface area contributed by atoms with Crippen LogP contribution in [0.15, 0.2) is 52.9 Å². The van der Waals surface area contributed by atoms with Crippen LogP contribution in [0, 0.1) is 0 Å². The Labute approximate surface area is 160 Å². The quantitative estimate of drug-likeness (QED) is 0.627. The second kappa shape index (κ2) is 7.09. The summed E-state index contributed by atoms with van der Waals surface area (Å²) in [5.41, 5.74) is 1.34. The van der Waals surface area contributed by atoms with E-state index in [1.165, 1.54) is 0 Å². The molecule has 0 atom stereocenters. The largest absolute Gasteiger partial charge is 0.419 e. The van der Waals surface area contributed by atoms with E-state index in [1.807, 2.05) is 12.1 Å². The first-order valence-corrected chi connectivity index (χ1v) is 9.00. The minimum Gasteiger partial charge on any atom is -0.419 e. The van der Waals surface area contributed by atoms with Gasteiger partial charge in [-0.3, -0.25) is 4.79 Å². The highest BCUT2D eigenvalue weighted by Gasteiger charge is 2.34. The third-order valence-corrected chi connectivity index (χ3v) is 4.67. The Morgan fingerprint density at radius 2 is 1.85 bits per heavy atom. The Hall–Kier alpha value is -2.37. The highest BCUT2D eigenvalue weighted by atomic mass is 35.5. The van der Waals surface area contributed by atoms with Crippen molar-refractivity contribution in [2.45, 2.75) is 25.4 Å². The molecule has 1 aliphatic carbocycles. The summed E-state index contributed by atoms with van der Waals surface area (Å²) in [5, 5.41) is 9.34. The molecule has 1 amide bonds. The topological polar surface area (TPSA) is 59.2 Å². The average molecular weight is 388 g/mol. The number of hydrogen-bond acceptors (Lipinski definition) is 4. The molecule has 7 heteroatoms. The summed E-state index contributed by atoms with van der Waals surface area (Å²) in [7, 11) is 0. The van der Waals surface area contributed by atoms with Gasteiger partial charge in [0.1, 0.15) is 0 Å². The molecule has 1 heterocycles. The second-order valence-electron chi connectivity index (χ2n) is 6.18. The monoisotopic (exact) mass is 387 g/mol. The van der Waals surface area contributed by atoms with E-state index in [9.17, 15) is 4.79 Å². The molecule has 5 nitrogen and oxygen atoms in total. The van der Waals surface area contributed by atoms with Crippen LogP contribution in [0.1, 0.15) is 29.1 Å². The summed E-state index contributed by atoms with van der Waals surface area (Å²) in [6, 6.07) is 14.3. The third-order valence-electron chi connectivity index (χ3n) is 4.18. The molecule has 3 aromatic rings. The molecule has 1 aromatic heterocycles. The zero-order valence-corrected chi connectivity index (χ0v) is 15.2.